The molecular formula is C19H30N2O3. The minimum atomic E-state index is -0.385. The second kappa shape index (κ2) is 6.32. The van der Waals surface area contributed by atoms with Gasteiger partial charge in [-0.1, -0.05) is 0 Å². The number of carbonyl (C=O) groups excluding carboxylic acids is 2. The molecule has 4 bridgehead atoms. The monoisotopic (exact) mass is 334 g/mol. The van der Waals surface area contributed by atoms with E-state index >= 15 is 0 Å². The minimum absolute atomic E-state index is 0.0552. The van der Waals surface area contributed by atoms with E-state index in [2.05, 4.69) is 5.32 Å². The van der Waals surface area contributed by atoms with Crippen LogP contribution in [0.2, 0.25) is 0 Å². The molecular weight excluding hydrogens is 304 g/mol. The molecule has 5 rings (SSSR count). The lowest BCUT2D eigenvalue weighted by molar-refractivity contribution is -0.146. The van der Waals surface area contributed by atoms with Gasteiger partial charge in [0.2, 0.25) is 11.8 Å². The van der Waals surface area contributed by atoms with Crippen molar-refractivity contribution >= 4 is 11.8 Å². The van der Waals surface area contributed by atoms with E-state index in [4.69, 9.17) is 0 Å². The quantitative estimate of drug-likeness (QED) is 0.822. The maximum atomic E-state index is 12.8. The van der Waals surface area contributed by atoms with Crippen molar-refractivity contribution in [1.82, 2.24) is 10.2 Å². The number of likely N-dealkylation sites (tertiary alicyclic amines) is 1. The number of nitrogens with zero attached hydrogens (tertiary/aromatic N) is 1. The molecule has 2 N–H and O–H groups in total. The van der Waals surface area contributed by atoms with E-state index < -0.39 is 0 Å². The standard InChI is InChI=1S/C19H30N2O3/c22-16-2-1-5-21(12-16)17(23)3-4-20-18(24)19-9-13-6-14(10-19)8-15(7-13)11-19/h13-16,22H,1-12H2,(H,20,24). The number of nitrogens with one attached hydrogen (secondary N) is 1. The Bertz CT molecular complexity index is 483. The third-order valence-corrected chi connectivity index (χ3v) is 6.89. The normalized spacial score (nSPS) is 40.6. The zero-order valence-corrected chi connectivity index (χ0v) is 14.5. The van der Waals surface area contributed by atoms with E-state index in [0.717, 1.165) is 56.4 Å². The largest absolute Gasteiger partial charge is 0.391 e. The number of aliphatic hydroxyl groups excluding tert-OH is 1. The first kappa shape index (κ1) is 16.4. The van der Waals surface area contributed by atoms with Gasteiger partial charge in [0.25, 0.3) is 0 Å². The lowest BCUT2D eigenvalue weighted by atomic mass is 9.49. The van der Waals surface area contributed by atoms with Gasteiger partial charge in [-0.3, -0.25) is 9.59 Å². The van der Waals surface area contributed by atoms with Crippen molar-refractivity contribution in [2.75, 3.05) is 19.6 Å². The molecule has 1 heterocycles. The molecule has 5 heteroatoms. The first-order valence-corrected chi connectivity index (χ1v) is 9.78. The molecule has 2 amide bonds. The van der Waals surface area contributed by atoms with Crippen molar-refractivity contribution in [3.8, 4) is 0 Å². The highest BCUT2D eigenvalue weighted by molar-refractivity contribution is 5.84. The van der Waals surface area contributed by atoms with E-state index in [1.807, 2.05) is 0 Å². The van der Waals surface area contributed by atoms with Crippen molar-refractivity contribution in [1.29, 1.82) is 0 Å². The molecule has 0 spiro atoms. The minimum Gasteiger partial charge on any atom is -0.391 e. The summed E-state index contributed by atoms with van der Waals surface area (Å²) < 4.78 is 0. The van der Waals surface area contributed by atoms with E-state index in [1.165, 1.54) is 19.3 Å². The van der Waals surface area contributed by atoms with Crippen LogP contribution in [0.25, 0.3) is 0 Å². The number of carbonyl (C=O) groups is 2. The summed E-state index contributed by atoms with van der Waals surface area (Å²) in [6.07, 6.45) is 8.83. The Morgan fingerprint density at radius 3 is 2.29 bits per heavy atom. The van der Waals surface area contributed by atoms with Gasteiger partial charge in [-0.25, -0.2) is 0 Å². The molecule has 134 valence electrons. The SMILES string of the molecule is O=C(CCNC(=O)C12CC3CC(CC(C3)C1)C2)N1CCCC(O)C1. The van der Waals surface area contributed by atoms with Gasteiger partial charge in [-0.2, -0.15) is 0 Å². The average Bonchev–Trinajstić information content (AvgIpc) is 2.53. The van der Waals surface area contributed by atoms with Crippen LogP contribution in [-0.4, -0.2) is 47.6 Å². The van der Waals surface area contributed by atoms with Gasteiger partial charge in [0.1, 0.15) is 0 Å². The Hall–Kier alpha value is -1.10. The van der Waals surface area contributed by atoms with E-state index in [1.54, 1.807) is 4.90 Å². The smallest absolute Gasteiger partial charge is 0.226 e. The van der Waals surface area contributed by atoms with Crippen LogP contribution < -0.4 is 5.32 Å². The summed E-state index contributed by atoms with van der Waals surface area (Å²) >= 11 is 0. The van der Waals surface area contributed by atoms with Crippen LogP contribution in [-0.2, 0) is 9.59 Å². The molecule has 5 nitrogen and oxygen atoms in total. The summed E-state index contributed by atoms with van der Waals surface area (Å²) in [5, 5.41) is 12.7. The summed E-state index contributed by atoms with van der Waals surface area (Å²) in [5.41, 5.74) is -0.126. The Labute approximate surface area is 144 Å². The number of rotatable bonds is 4. The first-order chi connectivity index (χ1) is 11.5. The van der Waals surface area contributed by atoms with Crippen LogP contribution in [0.15, 0.2) is 0 Å². The van der Waals surface area contributed by atoms with Crippen molar-refractivity contribution in [3.63, 3.8) is 0 Å². The Balaban J connectivity index is 1.27. The maximum absolute atomic E-state index is 12.8. The fourth-order valence-electron chi connectivity index (χ4n) is 6.20. The molecule has 0 aromatic heterocycles. The summed E-state index contributed by atoms with van der Waals surface area (Å²) in [4.78, 5) is 26.8. The summed E-state index contributed by atoms with van der Waals surface area (Å²) in [6.45, 7) is 1.62. The van der Waals surface area contributed by atoms with Gasteiger partial charge in [-0.15, -0.1) is 0 Å². The van der Waals surface area contributed by atoms with E-state index in [-0.39, 0.29) is 23.3 Å². The van der Waals surface area contributed by atoms with Crippen molar-refractivity contribution < 1.29 is 14.7 Å². The number of aliphatic hydroxyl groups is 1. The van der Waals surface area contributed by atoms with Crippen molar-refractivity contribution in [2.45, 2.75) is 63.9 Å². The van der Waals surface area contributed by atoms with E-state index in [9.17, 15) is 14.7 Å². The molecule has 4 saturated carbocycles. The van der Waals surface area contributed by atoms with Gasteiger partial charge in [-0.05, 0) is 69.1 Å². The molecule has 1 saturated heterocycles. The zero-order chi connectivity index (χ0) is 16.7. The lowest BCUT2D eigenvalue weighted by Gasteiger charge is -2.55. The molecule has 0 aromatic rings. The third-order valence-electron chi connectivity index (χ3n) is 6.89. The van der Waals surface area contributed by atoms with Crippen molar-refractivity contribution in [3.05, 3.63) is 0 Å². The molecule has 1 atom stereocenters. The van der Waals surface area contributed by atoms with Gasteiger partial charge >= 0.3 is 0 Å². The molecule has 0 aromatic carbocycles. The molecule has 4 aliphatic carbocycles. The predicted octanol–water partition coefficient (Wildman–Crippen LogP) is 1.69. The van der Waals surface area contributed by atoms with Crippen molar-refractivity contribution in [2.24, 2.45) is 23.2 Å². The van der Waals surface area contributed by atoms with Crippen LogP contribution in [0.3, 0.4) is 0 Å². The Kier molecular flexibility index (Phi) is 4.31. The van der Waals surface area contributed by atoms with Crippen LogP contribution in [0, 0.1) is 23.2 Å². The molecule has 24 heavy (non-hydrogen) atoms. The first-order valence-electron chi connectivity index (χ1n) is 9.78. The van der Waals surface area contributed by atoms with Gasteiger partial charge in [0.15, 0.2) is 0 Å². The number of hydrogen-bond donors (Lipinski definition) is 2. The van der Waals surface area contributed by atoms with Crippen LogP contribution in [0.1, 0.15) is 57.8 Å². The zero-order valence-electron chi connectivity index (χ0n) is 14.5. The van der Waals surface area contributed by atoms with Gasteiger partial charge in [0.05, 0.1) is 6.10 Å². The van der Waals surface area contributed by atoms with E-state index in [0.29, 0.717) is 19.5 Å². The lowest BCUT2D eigenvalue weighted by Crippen LogP contribution is -2.54. The summed E-state index contributed by atoms with van der Waals surface area (Å²) in [7, 11) is 0. The van der Waals surface area contributed by atoms with Crippen LogP contribution in [0.5, 0.6) is 0 Å². The molecule has 5 aliphatic rings. The van der Waals surface area contributed by atoms with Gasteiger partial charge < -0.3 is 15.3 Å². The molecule has 5 fully saturated rings. The maximum Gasteiger partial charge on any atom is 0.226 e. The molecule has 1 aliphatic heterocycles. The molecule has 0 radical (unpaired) electrons. The highest BCUT2D eigenvalue weighted by atomic mass is 16.3. The Morgan fingerprint density at radius 2 is 1.71 bits per heavy atom. The number of amides is 2. The summed E-state index contributed by atoms with van der Waals surface area (Å²) in [6, 6.07) is 0. The predicted molar refractivity (Wildman–Crippen MR) is 90.1 cm³/mol. The second-order valence-corrected chi connectivity index (χ2v) is 8.84. The van der Waals surface area contributed by atoms with Crippen LogP contribution >= 0.6 is 0 Å². The highest BCUT2D eigenvalue weighted by Gasteiger charge is 2.54. The Morgan fingerprint density at radius 1 is 1.08 bits per heavy atom. The summed E-state index contributed by atoms with van der Waals surface area (Å²) in [5.74, 6) is 2.54. The fourth-order valence-corrected chi connectivity index (χ4v) is 6.20. The third kappa shape index (κ3) is 3.07. The fraction of sp³-hybridized carbons (Fsp3) is 0.895. The highest BCUT2D eigenvalue weighted by Crippen LogP contribution is 2.60. The second-order valence-electron chi connectivity index (χ2n) is 8.84. The number of piperidine rings is 1. The topological polar surface area (TPSA) is 69.6 Å². The van der Waals surface area contributed by atoms with Crippen LogP contribution in [0.4, 0.5) is 0 Å². The average molecular weight is 334 g/mol. The van der Waals surface area contributed by atoms with Gasteiger partial charge in [0, 0.05) is 31.5 Å². The number of β-amino-alcohol motifs (C(OH)–C–C–N with tert-alkyl or cyclic N) is 1. The molecule has 1 unspecified atom stereocenters. The number of hydrogen-bond acceptors (Lipinski definition) is 3.